The van der Waals surface area contributed by atoms with E-state index >= 15 is 0 Å². The van der Waals surface area contributed by atoms with E-state index in [1.807, 2.05) is 0 Å². The summed E-state index contributed by atoms with van der Waals surface area (Å²) >= 11 is 11.5. The molecule has 114 valence electrons. The molecular weight excluding hydrogens is 315 g/mol. The van der Waals surface area contributed by atoms with E-state index in [1.54, 1.807) is 12.1 Å². The quantitative estimate of drug-likeness (QED) is 0.682. The van der Waals surface area contributed by atoms with Crippen LogP contribution < -0.4 is 10.1 Å². The molecule has 0 aromatic heterocycles. The van der Waals surface area contributed by atoms with Crippen LogP contribution in [0.1, 0.15) is 0 Å². The Morgan fingerprint density at radius 3 is 2.60 bits per heavy atom. The predicted octanol–water partition coefficient (Wildman–Crippen LogP) is 1.95. The lowest BCUT2D eigenvalue weighted by Gasteiger charge is -2.17. The molecule has 0 amide bonds. The highest BCUT2D eigenvalue weighted by Crippen LogP contribution is 2.26. The summed E-state index contributed by atoms with van der Waals surface area (Å²) in [6.45, 7) is -2.13. The van der Waals surface area contributed by atoms with Gasteiger partial charge in [0.1, 0.15) is 25.1 Å². The second kappa shape index (κ2) is 7.95. The Hall–Kier alpha value is -0.660. The number of aliphatic hydroxyl groups excluding tert-OH is 2. The first kappa shape index (κ1) is 17.4. The van der Waals surface area contributed by atoms with Crippen LogP contribution in [0.25, 0.3) is 0 Å². The molecule has 0 heterocycles. The van der Waals surface area contributed by atoms with Gasteiger partial charge in [0.25, 0.3) is 5.92 Å². The highest BCUT2D eigenvalue weighted by molar-refractivity contribution is 6.42. The number of hydrogen-bond acceptors (Lipinski definition) is 4. The van der Waals surface area contributed by atoms with Crippen LogP contribution in [-0.2, 0) is 0 Å². The second-order valence-electron chi connectivity index (χ2n) is 4.19. The van der Waals surface area contributed by atoms with E-state index in [1.165, 1.54) is 6.07 Å². The van der Waals surface area contributed by atoms with Crippen LogP contribution in [-0.4, -0.2) is 48.5 Å². The van der Waals surface area contributed by atoms with Crippen molar-refractivity contribution in [2.75, 3.05) is 26.3 Å². The first-order valence-electron chi connectivity index (χ1n) is 5.79. The summed E-state index contributed by atoms with van der Waals surface area (Å²) in [5.74, 6) is -2.79. The van der Waals surface area contributed by atoms with Gasteiger partial charge in [0, 0.05) is 12.6 Å². The van der Waals surface area contributed by atoms with Gasteiger partial charge in [-0.25, -0.2) is 8.78 Å². The predicted molar refractivity (Wildman–Crippen MR) is 72.9 cm³/mol. The van der Waals surface area contributed by atoms with Gasteiger partial charge >= 0.3 is 0 Å². The molecule has 0 spiro atoms. The van der Waals surface area contributed by atoms with E-state index in [-0.39, 0.29) is 13.2 Å². The van der Waals surface area contributed by atoms with Gasteiger partial charge in [0.05, 0.1) is 16.6 Å². The Bertz CT molecular complexity index is 435. The highest BCUT2D eigenvalue weighted by atomic mass is 35.5. The van der Waals surface area contributed by atoms with Gasteiger partial charge < -0.3 is 20.3 Å². The summed E-state index contributed by atoms with van der Waals surface area (Å²) in [5, 5.41) is 21.0. The molecule has 4 nitrogen and oxygen atoms in total. The van der Waals surface area contributed by atoms with E-state index < -0.39 is 25.2 Å². The van der Waals surface area contributed by atoms with Crippen molar-refractivity contribution in [1.29, 1.82) is 0 Å². The number of aliphatic hydroxyl groups is 2. The van der Waals surface area contributed by atoms with Crippen molar-refractivity contribution < 1.29 is 23.7 Å². The number of halogens is 4. The monoisotopic (exact) mass is 329 g/mol. The van der Waals surface area contributed by atoms with E-state index in [0.29, 0.717) is 15.8 Å². The van der Waals surface area contributed by atoms with Gasteiger partial charge in [-0.2, -0.15) is 0 Å². The van der Waals surface area contributed by atoms with E-state index in [9.17, 15) is 13.9 Å². The van der Waals surface area contributed by atoms with Gasteiger partial charge in [0.2, 0.25) is 0 Å². The minimum absolute atomic E-state index is 0.0864. The number of rotatable bonds is 8. The molecule has 8 heteroatoms. The Kier molecular flexibility index (Phi) is 6.91. The maximum absolute atomic E-state index is 12.7. The molecule has 1 rings (SSSR count). The normalized spacial score (nSPS) is 13.3. The zero-order valence-electron chi connectivity index (χ0n) is 10.5. The summed E-state index contributed by atoms with van der Waals surface area (Å²) in [6, 6.07) is 4.61. The van der Waals surface area contributed by atoms with Crippen LogP contribution in [0.5, 0.6) is 5.75 Å². The van der Waals surface area contributed by atoms with Gasteiger partial charge in [-0.15, -0.1) is 0 Å². The second-order valence-corrected chi connectivity index (χ2v) is 5.00. The average Bonchev–Trinajstić information content (AvgIpc) is 2.40. The van der Waals surface area contributed by atoms with E-state index in [2.05, 4.69) is 5.32 Å². The third-order valence-corrected chi connectivity index (χ3v) is 3.07. The molecule has 0 saturated carbocycles. The van der Waals surface area contributed by atoms with Crippen LogP contribution >= 0.6 is 23.2 Å². The Labute approximate surface area is 125 Å². The summed E-state index contributed by atoms with van der Waals surface area (Å²) in [5.41, 5.74) is 0. The zero-order chi connectivity index (χ0) is 15.2. The lowest BCUT2D eigenvalue weighted by atomic mass is 10.3. The Balaban J connectivity index is 2.29. The summed E-state index contributed by atoms with van der Waals surface area (Å²) in [7, 11) is 0. The summed E-state index contributed by atoms with van der Waals surface area (Å²) in [6.07, 6.45) is -0.973. The van der Waals surface area contributed by atoms with E-state index in [0.717, 1.165) is 0 Å². The summed E-state index contributed by atoms with van der Waals surface area (Å²) in [4.78, 5) is 0. The molecule has 20 heavy (non-hydrogen) atoms. The Morgan fingerprint density at radius 1 is 1.30 bits per heavy atom. The molecule has 1 aromatic rings. The molecule has 0 aliphatic rings. The molecule has 1 unspecified atom stereocenters. The van der Waals surface area contributed by atoms with Crippen molar-refractivity contribution in [1.82, 2.24) is 5.32 Å². The molecule has 0 radical (unpaired) electrons. The van der Waals surface area contributed by atoms with Crippen LogP contribution in [0.3, 0.4) is 0 Å². The zero-order valence-corrected chi connectivity index (χ0v) is 12.0. The molecule has 0 fully saturated rings. The molecule has 0 aliphatic carbocycles. The minimum atomic E-state index is -3.20. The number of ether oxygens (including phenoxy) is 1. The fourth-order valence-electron chi connectivity index (χ4n) is 1.30. The maximum atomic E-state index is 12.7. The molecular formula is C12H15Cl2F2NO3. The van der Waals surface area contributed by atoms with Crippen molar-refractivity contribution >= 4 is 23.2 Å². The first-order valence-corrected chi connectivity index (χ1v) is 6.55. The molecule has 3 N–H and O–H groups in total. The topological polar surface area (TPSA) is 61.7 Å². The maximum Gasteiger partial charge on any atom is 0.282 e. The van der Waals surface area contributed by atoms with Crippen LogP contribution in [0.2, 0.25) is 10.0 Å². The third kappa shape index (κ3) is 6.19. The number of alkyl halides is 2. The van der Waals surface area contributed by atoms with Crippen molar-refractivity contribution in [2.24, 2.45) is 0 Å². The van der Waals surface area contributed by atoms with Crippen LogP contribution in [0.15, 0.2) is 18.2 Å². The number of nitrogens with one attached hydrogen (secondary N) is 1. The van der Waals surface area contributed by atoms with Gasteiger partial charge in [-0.1, -0.05) is 23.2 Å². The van der Waals surface area contributed by atoms with Gasteiger partial charge in [0.15, 0.2) is 0 Å². The molecule has 1 aromatic carbocycles. The van der Waals surface area contributed by atoms with Crippen molar-refractivity contribution in [2.45, 2.75) is 12.0 Å². The van der Waals surface area contributed by atoms with Gasteiger partial charge in [-0.05, 0) is 12.1 Å². The molecule has 1 atom stereocenters. The smallest absolute Gasteiger partial charge is 0.282 e. The van der Waals surface area contributed by atoms with Crippen molar-refractivity contribution in [3.8, 4) is 5.75 Å². The number of hydrogen-bond donors (Lipinski definition) is 3. The van der Waals surface area contributed by atoms with Crippen LogP contribution in [0.4, 0.5) is 8.78 Å². The van der Waals surface area contributed by atoms with Crippen LogP contribution in [0, 0.1) is 0 Å². The fraction of sp³-hybridized carbons (Fsp3) is 0.500. The fourth-order valence-corrected chi connectivity index (χ4v) is 1.58. The van der Waals surface area contributed by atoms with E-state index in [4.69, 9.17) is 33.0 Å². The van der Waals surface area contributed by atoms with Gasteiger partial charge in [-0.3, -0.25) is 0 Å². The Morgan fingerprint density at radius 2 is 2.00 bits per heavy atom. The first-order chi connectivity index (χ1) is 9.34. The SMILES string of the molecule is OCC(F)(F)CNCC(O)COc1ccc(Cl)c(Cl)c1. The lowest BCUT2D eigenvalue weighted by Crippen LogP contribution is -2.40. The molecule has 0 saturated heterocycles. The summed E-state index contributed by atoms with van der Waals surface area (Å²) < 4.78 is 30.6. The number of benzene rings is 1. The van der Waals surface area contributed by atoms with Crippen molar-refractivity contribution in [3.63, 3.8) is 0 Å². The van der Waals surface area contributed by atoms with Crippen molar-refractivity contribution in [3.05, 3.63) is 28.2 Å². The largest absolute Gasteiger partial charge is 0.491 e. The molecule has 0 bridgehead atoms. The third-order valence-electron chi connectivity index (χ3n) is 2.33. The lowest BCUT2D eigenvalue weighted by molar-refractivity contribution is -0.0493. The molecule has 0 aliphatic heterocycles. The minimum Gasteiger partial charge on any atom is -0.491 e. The average molecular weight is 330 g/mol. The standard InChI is InChI=1S/C12H15Cl2F2NO3/c13-10-2-1-9(3-11(10)14)20-5-8(19)4-17-6-12(15,16)7-18/h1-3,8,17-19H,4-7H2. The highest BCUT2D eigenvalue weighted by Gasteiger charge is 2.27.